The van der Waals surface area contributed by atoms with Crippen molar-refractivity contribution in [2.45, 2.75) is 13.8 Å². The van der Waals surface area contributed by atoms with Crippen LogP contribution in [-0.2, 0) is 0 Å². The number of nitrogens with one attached hydrogen (secondary N) is 2. The number of anilines is 3. The first kappa shape index (κ1) is 18.2. The number of nitrogens with zero attached hydrogens (tertiary/aromatic N) is 2. The van der Waals surface area contributed by atoms with Crippen LogP contribution in [0.1, 0.15) is 21.7 Å². The molecule has 3 rings (SSSR count). The third-order valence-electron chi connectivity index (χ3n) is 3.56. The fourth-order valence-corrected chi connectivity index (χ4v) is 2.74. The van der Waals surface area contributed by atoms with Gasteiger partial charge in [-0.2, -0.15) is 0 Å². The molecule has 3 aromatic rings. The van der Waals surface area contributed by atoms with E-state index in [0.29, 0.717) is 27.2 Å². The lowest BCUT2D eigenvalue weighted by molar-refractivity contribution is 0.102. The molecule has 0 aliphatic carbocycles. The molecule has 0 fully saturated rings. The zero-order chi connectivity index (χ0) is 18.7. The van der Waals surface area contributed by atoms with E-state index in [1.807, 2.05) is 19.9 Å². The third-order valence-corrected chi connectivity index (χ3v) is 4.13. The molecule has 0 aliphatic rings. The highest BCUT2D eigenvalue weighted by molar-refractivity contribution is 6.35. The van der Waals surface area contributed by atoms with E-state index < -0.39 is 0 Å². The molecular weight excluding hydrogens is 371 g/mol. The van der Waals surface area contributed by atoms with Crippen molar-refractivity contribution in [1.29, 1.82) is 0 Å². The van der Waals surface area contributed by atoms with Crippen molar-refractivity contribution >= 4 is 46.4 Å². The lowest BCUT2D eigenvalue weighted by Gasteiger charge is -2.09. The summed E-state index contributed by atoms with van der Waals surface area (Å²) in [5, 5.41) is 6.80. The van der Waals surface area contributed by atoms with Crippen LogP contribution in [0.15, 0.2) is 48.5 Å². The quantitative estimate of drug-likeness (QED) is 0.629. The minimum absolute atomic E-state index is 0.275. The molecule has 2 aromatic carbocycles. The number of carbonyl (C=O) groups is 1. The summed E-state index contributed by atoms with van der Waals surface area (Å²) in [5.74, 6) is 0.244. The van der Waals surface area contributed by atoms with E-state index in [2.05, 4.69) is 20.6 Å². The Balaban J connectivity index is 1.72. The summed E-state index contributed by atoms with van der Waals surface area (Å²) in [6.45, 7) is 3.82. The van der Waals surface area contributed by atoms with Crippen molar-refractivity contribution in [3.63, 3.8) is 0 Å². The van der Waals surface area contributed by atoms with Gasteiger partial charge in [0.1, 0.15) is 0 Å². The van der Waals surface area contributed by atoms with Gasteiger partial charge in [0.15, 0.2) is 0 Å². The molecule has 132 valence electrons. The number of halogens is 2. The average Bonchev–Trinajstić information content (AvgIpc) is 2.58. The van der Waals surface area contributed by atoms with E-state index in [9.17, 15) is 4.79 Å². The molecule has 0 spiro atoms. The maximum atomic E-state index is 12.4. The summed E-state index contributed by atoms with van der Waals surface area (Å²) in [4.78, 5) is 21.0. The van der Waals surface area contributed by atoms with Crippen LogP contribution in [0.3, 0.4) is 0 Å². The van der Waals surface area contributed by atoms with Gasteiger partial charge < -0.3 is 10.6 Å². The van der Waals surface area contributed by atoms with Crippen molar-refractivity contribution in [3.05, 3.63) is 75.5 Å². The second kappa shape index (κ2) is 7.72. The molecular formula is C19H16Cl2N4O. The average molecular weight is 387 g/mol. The van der Waals surface area contributed by atoms with Crippen LogP contribution in [0.25, 0.3) is 0 Å². The number of aromatic nitrogens is 2. The van der Waals surface area contributed by atoms with Crippen LogP contribution in [-0.4, -0.2) is 15.9 Å². The molecule has 1 aromatic heterocycles. The third kappa shape index (κ3) is 4.50. The Morgan fingerprint density at radius 2 is 1.58 bits per heavy atom. The number of rotatable bonds is 4. The number of benzene rings is 2. The Bertz CT molecular complexity index is 938. The van der Waals surface area contributed by atoms with Crippen molar-refractivity contribution < 1.29 is 4.79 Å². The fourth-order valence-electron chi connectivity index (χ4n) is 2.40. The van der Waals surface area contributed by atoms with Gasteiger partial charge in [-0.05, 0) is 62.4 Å². The summed E-state index contributed by atoms with van der Waals surface area (Å²) in [7, 11) is 0. The topological polar surface area (TPSA) is 66.9 Å². The van der Waals surface area contributed by atoms with Gasteiger partial charge in [0, 0.05) is 27.7 Å². The minimum Gasteiger partial charge on any atom is -0.324 e. The standard InChI is InChI=1S/C19H16Cl2N4O/c1-11-9-12(2)23-19(22-11)24-15-6-3-13(4-7-15)18(26)25-17-10-14(20)5-8-16(17)21/h3-10H,1-2H3,(H,25,26)(H,22,23,24). The van der Waals surface area contributed by atoms with Crippen LogP contribution >= 0.6 is 23.2 Å². The normalized spacial score (nSPS) is 10.5. The first-order valence-corrected chi connectivity index (χ1v) is 8.62. The van der Waals surface area contributed by atoms with Gasteiger partial charge >= 0.3 is 0 Å². The number of hydrogen-bond donors (Lipinski definition) is 2. The van der Waals surface area contributed by atoms with Crippen LogP contribution in [0.2, 0.25) is 10.0 Å². The molecule has 0 unspecified atom stereocenters. The van der Waals surface area contributed by atoms with Crippen LogP contribution in [0.4, 0.5) is 17.3 Å². The van der Waals surface area contributed by atoms with Gasteiger partial charge in [-0.3, -0.25) is 4.79 Å². The predicted octanol–water partition coefficient (Wildman–Crippen LogP) is 5.40. The Morgan fingerprint density at radius 3 is 2.23 bits per heavy atom. The van der Waals surface area contributed by atoms with Crippen molar-refractivity contribution in [3.8, 4) is 0 Å². The van der Waals surface area contributed by atoms with E-state index >= 15 is 0 Å². The molecule has 26 heavy (non-hydrogen) atoms. The highest BCUT2D eigenvalue weighted by atomic mass is 35.5. The Hall–Kier alpha value is -2.63. The Morgan fingerprint density at radius 1 is 0.923 bits per heavy atom. The van der Waals surface area contributed by atoms with Gasteiger partial charge in [0.25, 0.3) is 5.91 Å². The summed E-state index contributed by atoms with van der Waals surface area (Å²) in [5.41, 5.74) is 3.51. The maximum absolute atomic E-state index is 12.4. The first-order valence-electron chi connectivity index (χ1n) is 7.86. The lowest BCUT2D eigenvalue weighted by atomic mass is 10.2. The summed E-state index contributed by atoms with van der Waals surface area (Å²) < 4.78 is 0. The van der Waals surface area contributed by atoms with Crippen molar-refractivity contribution in [1.82, 2.24) is 9.97 Å². The van der Waals surface area contributed by atoms with Gasteiger partial charge in [-0.1, -0.05) is 23.2 Å². The highest BCUT2D eigenvalue weighted by Crippen LogP contribution is 2.26. The van der Waals surface area contributed by atoms with Gasteiger partial charge in [0.2, 0.25) is 5.95 Å². The summed E-state index contributed by atoms with van der Waals surface area (Å²) in [6.07, 6.45) is 0. The minimum atomic E-state index is -0.275. The van der Waals surface area contributed by atoms with Crippen LogP contribution in [0.5, 0.6) is 0 Å². The van der Waals surface area contributed by atoms with E-state index in [4.69, 9.17) is 23.2 Å². The molecule has 7 heteroatoms. The second-order valence-electron chi connectivity index (χ2n) is 5.75. The van der Waals surface area contributed by atoms with Crippen LogP contribution in [0, 0.1) is 13.8 Å². The van der Waals surface area contributed by atoms with E-state index in [1.54, 1.807) is 42.5 Å². The Kier molecular flexibility index (Phi) is 5.40. The predicted molar refractivity (Wildman–Crippen MR) is 106 cm³/mol. The molecule has 0 bridgehead atoms. The largest absolute Gasteiger partial charge is 0.324 e. The summed E-state index contributed by atoms with van der Waals surface area (Å²) >= 11 is 12.0. The molecule has 2 N–H and O–H groups in total. The van der Waals surface area contributed by atoms with Crippen molar-refractivity contribution in [2.24, 2.45) is 0 Å². The number of carbonyl (C=O) groups excluding carboxylic acids is 1. The molecule has 1 amide bonds. The molecule has 0 saturated carbocycles. The number of amides is 1. The maximum Gasteiger partial charge on any atom is 0.255 e. The van der Waals surface area contributed by atoms with Gasteiger partial charge in [-0.25, -0.2) is 9.97 Å². The monoisotopic (exact) mass is 386 g/mol. The van der Waals surface area contributed by atoms with Crippen LogP contribution < -0.4 is 10.6 Å². The van der Waals surface area contributed by atoms with Gasteiger partial charge in [0.05, 0.1) is 10.7 Å². The lowest BCUT2D eigenvalue weighted by Crippen LogP contribution is -2.12. The molecule has 0 radical (unpaired) electrons. The zero-order valence-electron chi connectivity index (χ0n) is 14.2. The van der Waals surface area contributed by atoms with E-state index in [0.717, 1.165) is 17.1 Å². The van der Waals surface area contributed by atoms with E-state index in [-0.39, 0.29) is 5.91 Å². The number of hydrogen-bond acceptors (Lipinski definition) is 4. The molecule has 5 nitrogen and oxygen atoms in total. The molecule has 0 saturated heterocycles. The zero-order valence-corrected chi connectivity index (χ0v) is 15.7. The molecule has 0 atom stereocenters. The Labute approximate surface area is 161 Å². The molecule has 1 heterocycles. The first-order chi connectivity index (χ1) is 12.4. The highest BCUT2D eigenvalue weighted by Gasteiger charge is 2.09. The van der Waals surface area contributed by atoms with E-state index in [1.165, 1.54) is 0 Å². The van der Waals surface area contributed by atoms with Crippen molar-refractivity contribution in [2.75, 3.05) is 10.6 Å². The fraction of sp³-hybridized carbons (Fsp3) is 0.105. The smallest absolute Gasteiger partial charge is 0.255 e. The SMILES string of the molecule is Cc1cc(C)nc(Nc2ccc(C(=O)Nc3cc(Cl)ccc3Cl)cc2)n1. The second-order valence-corrected chi connectivity index (χ2v) is 6.60. The summed E-state index contributed by atoms with van der Waals surface area (Å²) in [6, 6.07) is 13.8. The number of aryl methyl sites for hydroxylation is 2. The molecule has 0 aliphatic heterocycles. The van der Waals surface area contributed by atoms with Gasteiger partial charge in [-0.15, -0.1) is 0 Å².